The monoisotopic (exact) mass is 282 g/mol. The minimum atomic E-state index is 0.965. The molecule has 0 fully saturated rings. The molecule has 0 aliphatic carbocycles. The van der Waals surface area contributed by atoms with Gasteiger partial charge in [-0.1, -0.05) is 71.6 Å². The number of aromatic nitrogens is 2. The van der Waals surface area contributed by atoms with Crippen LogP contribution in [0.15, 0.2) is 32.9 Å². The van der Waals surface area contributed by atoms with Crippen LogP contribution in [-0.4, -0.2) is 16.0 Å². The molecule has 0 aliphatic heterocycles. The lowest BCUT2D eigenvalue weighted by Gasteiger charge is -1.99. The number of aryl methyl sites for hydroxylation is 1. The predicted molar refractivity (Wildman–Crippen MR) is 77.0 cm³/mol. The zero-order valence-corrected chi connectivity index (χ0v) is 12.3. The lowest BCUT2D eigenvalue weighted by molar-refractivity contribution is 0.954. The lowest BCUT2D eigenvalue weighted by Crippen LogP contribution is -1.81. The summed E-state index contributed by atoms with van der Waals surface area (Å²) < 4.78 is 2.13. The van der Waals surface area contributed by atoms with Crippen molar-refractivity contribution in [2.75, 3.05) is 5.75 Å². The summed E-state index contributed by atoms with van der Waals surface area (Å²) in [6.45, 7) is 4.25. The van der Waals surface area contributed by atoms with Gasteiger partial charge in [-0.3, -0.25) is 0 Å². The van der Waals surface area contributed by atoms with Gasteiger partial charge in [-0.2, -0.15) is 0 Å². The van der Waals surface area contributed by atoms with E-state index in [1.54, 1.807) is 34.9 Å². The third kappa shape index (κ3) is 4.01. The van der Waals surface area contributed by atoms with Crippen LogP contribution in [0.4, 0.5) is 0 Å². The topological polar surface area (TPSA) is 25.8 Å². The van der Waals surface area contributed by atoms with E-state index in [0.717, 1.165) is 20.2 Å². The van der Waals surface area contributed by atoms with Crippen LogP contribution < -0.4 is 0 Å². The minimum absolute atomic E-state index is 0.965. The van der Waals surface area contributed by atoms with E-state index in [0.29, 0.717) is 0 Å². The quantitative estimate of drug-likeness (QED) is 0.766. The Hall–Kier alpha value is -0.520. The fraction of sp³-hybridized carbons (Fsp3) is 0.333. The van der Waals surface area contributed by atoms with E-state index in [9.17, 15) is 0 Å². The molecule has 0 unspecified atom stereocenters. The van der Waals surface area contributed by atoms with Gasteiger partial charge in [-0.25, -0.2) is 0 Å². The highest BCUT2D eigenvalue weighted by Gasteiger charge is 2.04. The Kier molecular flexibility index (Phi) is 4.88. The van der Waals surface area contributed by atoms with Gasteiger partial charge in [0.2, 0.25) is 0 Å². The first-order valence-electron chi connectivity index (χ1n) is 5.42. The van der Waals surface area contributed by atoms with Crippen LogP contribution in [0.1, 0.15) is 18.1 Å². The maximum Gasteiger partial charge on any atom is 0.175 e. The van der Waals surface area contributed by atoms with E-state index < -0.39 is 0 Å². The molecule has 0 N–H and O–H groups in total. The second kappa shape index (κ2) is 6.42. The van der Waals surface area contributed by atoms with Gasteiger partial charge in [0.05, 0.1) is 0 Å². The van der Waals surface area contributed by atoms with Crippen LogP contribution in [0, 0.1) is 6.92 Å². The Morgan fingerprint density at radius 3 is 2.65 bits per heavy atom. The first-order chi connectivity index (χ1) is 8.28. The molecular formula is C12H14N2S3. The van der Waals surface area contributed by atoms with Crippen molar-refractivity contribution in [3.63, 3.8) is 0 Å². The zero-order valence-electron chi connectivity index (χ0n) is 9.84. The number of benzene rings is 1. The highest BCUT2D eigenvalue weighted by molar-refractivity contribution is 8.02. The number of thioether (sulfide) groups is 2. The Morgan fingerprint density at radius 1 is 1.18 bits per heavy atom. The first kappa shape index (κ1) is 12.9. The summed E-state index contributed by atoms with van der Waals surface area (Å²) in [6, 6.07) is 8.59. The fourth-order valence-electron chi connectivity index (χ4n) is 1.38. The molecule has 0 radical (unpaired) electrons. The van der Waals surface area contributed by atoms with Crippen molar-refractivity contribution < 1.29 is 0 Å². The molecule has 1 aromatic carbocycles. The summed E-state index contributed by atoms with van der Waals surface area (Å²) in [4.78, 5) is 0. The van der Waals surface area contributed by atoms with Gasteiger partial charge in [0.1, 0.15) is 0 Å². The number of rotatable bonds is 5. The summed E-state index contributed by atoms with van der Waals surface area (Å²) in [5, 5.41) is 8.33. The van der Waals surface area contributed by atoms with Gasteiger partial charge in [-0.05, 0) is 18.2 Å². The molecule has 0 saturated heterocycles. The molecule has 0 aliphatic rings. The molecule has 1 heterocycles. The fourth-order valence-corrected chi connectivity index (χ4v) is 4.24. The molecule has 2 aromatic rings. The zero-order chi connectivity index (χ0) is 12.1. The molecule has 2 nitrogen and oxygen atoms in total. The standard InChI is InChI=1S/C12H14N2S3/c1-3-15-11-13-14-12(17-11)16-8-10-6-4-5-9(2)7-10/h4-7H,3,8H2,1-2H3. The van der Waals surface area contributed by atoms with Gasteiger partial charge < -0.3 is 0 Å². The van der Waals surface area contributed by atoms with E-state index in [4.69, 9.17) is 0 Å². The Labute approximate surface area is 114 Å². The van der Waals surface area contributed by atoms with Crippen molar-refractivity contribution in [3.8, 4) is 0 Å². The van der Waals surface area contributed by atoms with Crippen LogP contribution in [-0.2, 0) is 5.75 Å². The van der Waals surface area contributed by atoms with Crippen LogP contribution in [0.5, 0.6) is 0 Å². The molecule has 90 valence electrons. The average Bonchev–Trinajstić information content (AvgIpc) is 2.75. The summed E-state index contributed by atoms with van der Waals surface area (Å²) in [5.41, 5.74) is 2.65. The Morgan fingerprint density at radius 2 is 1.94 bits per heavy atom. The Bertz CT molecular complexity index is 482. The van der Waals surface area contributed by atoms with Crippen molar-refractivity contribution in [2.45, 2.75) is 28.3 Å². The third-order valence-electron chi connectivity index (χ3n) is 2.10. The van der Waals surface area contributed by atoms with E-state index in [1.165, 1.54) is 11.1 Å². The van der Waals surface area contributed by atoms with Gasteiger partial charge in [0, 0.05) is 5.75 Å². The lowest BCUT2D eigenvalue weighted by atomic mass is 10.2. The SMILES string of the molecule is CCSc1nnc(SCc2cccc(C)c2)s1. The molecule has 5 heteroatoms. The summed E-state index contributed by atoms with van der Waals surface area (Å²) in [6.07, 6.45) is 0. The summed E-state index contributed by atoms with van der Waals surface area (Å²) in [5.74, 6) is 2.02. The number of nitrogens with zero attached hydrogens (tertiary/aromatic N) is 2. The van der Waals surface area contributed by atoms with Crippen molar-refractivity contribution in [1.82, 2.24) is 10.2 Å². The van der Waals surface area contributed by atoms with Gasteiger partial charge in [-0.15, -0.1) is 10.2 Å². The molecule has 0 atom stereocenters. The van der Waals surface area contributed by atoms with Crippen LogP contribution in [0.3, 0.4) is 0 Å². The second-order valence-electron chi connectivity index (χ2n) is 3.54. The van der Waals surface area contributed by atoms with E-state index in [1.807, 2.05) is 0 Å². The maximum atomic E-state index is 4.18. The highest BCUT2D eigenvalue weighted by atomic mass is 32.2. The minimum Gasteiger partial charge on any atom is -0.131 e. The normalized spacial score (nSPS) is 10.7. The van der Waals surface area contributed by atoms with Gasteiger partial charge in [0.25, 0.3) is 0 Å². The van der Waals surface area contributed by atoms with Crippen LogP contribution in [0.2, 0.25) is 0 Å². The summed E-state index contributed by atoms with van der Waals surface area (Å²) >= 11 is 5.20. The van der Waals surface area contributed by atoms with Gasteiger partial charge >= 0.3 is 0 Å². The Balaban J connectivity index is 1.93. The molecular weight excluding hydrogens is 268 g/mol. The van der Waals surface area contributed by atoms with Gasteiger partial charge in [0.15, 0.2) is 8.68 Å². The molecule has 0 amide bonds. The molecule has 0 saturated carbocycles. The highest BCUT2D eigenvalue weighted by Crippen LogP contribution is 2.30. The predicted octanol–water partition coefficient (Wildman–Crippen LogP) is 4.25. The summed E-state index contributed by atoms with van der Waals surface area (Å²) in [7, 11) is 0. The van der Waals surface area contributed by atoms with Crippen LogP contribution >= 0.6 is 34.9 Å². The first-order valence-corrected chi connectivity index (χ1v) is 8.21. The van der Waals surface area contributed by atoms with Crippen LogP contribution in [0.25, 0.3) is 0 Å². The molecule has 2 rings (SSSR count). The van der Waals surface area contributed by atoms with E-state index in [2.05, 4.69) is 48.3 Å². The largest absolute Gasteiger partial charge is 0.175 e. The molecule has 17 heavy (non-hydrogen) atoms. The van der Waals surface area contributed by atoms with E-state index >= 15 is 0 Å². The van der Waals surface area contributed by atoms with E-state index in [-0.39, 0.29) is 0 Å². The third-order valence-corrected chi connectivity index (χ3v) is 5.24. The smallest absolute Gasteiger partial charge is 0.131 e. The molecule has 0 spiro atoms. The van der Waals surface area contributed by atoms with Crippen molar-refractivity contribution in [2.24, 2.45) is 0 Å². The van der Waals surface area contributed by atoms with Crippen molar-refractivity contribution >= 4 is 34.9 Å². The second-order valence-corrected chi connectivity index (χ2v) is 7.26. The van der Waals surface area contributed by atoms with Crippen molar-refractivity contribution in [1.29, 1.82) is 0 Å². The maximum absolute atomic E-state index is 4.18. The number of hydrogen-bond acceptors (Lipinski definition) is 5. The molecule has 0 bridgehead atoms. The van der Waals surface area contributed by atoms with Crippen molar-refractivity contribution in [3.05, 3.63) is 35.4 Å². The average molecular weight is 282 g/mol. The molecule has 1 aromatic heterocycles. The number of hydrogen-bond donors (Lipinski definition) is 0.